The van der Waals surface area contributed by atoms with Crippen LogP contribution < -0.4 is 0 Å². The minimum absolute atomic E-state index is 0.326. The van der Waals surface area contributed by atoms with Crippen molar-refractivity contribution < 1.29 is 4.39 Å². The van der Waals surface area contributed by atoms with E-state index in [-0.39, 0.29) is 5.82 Å². The quantitative estimate of drug-likeness (QED) is 0.502. The van der Waals surface area contributed by atoms with Crippen LogP contribution in [0.4, 0.5) is 4.39 Å². The Balaban J connectivity index is 0. The van der Waals surface area contributed by atoms with Crippen LogP contribution in [0.15, 0.2) is 40.4 Å². The van der Waals surface area contributed by atoms with Gasteiger partial charge in [0.2, 0.25) is 0 Å². The van der Waals surface area contributed by atoms with Crippen LogP contribution in [0.2, 0.25) is 0 Å². The van der Waals surface area contributed by atoms with Gasteiger partial charge in [-0.05, 0) is 44.0 Å². The standard InChI is InChI=1S/C14H13BrFN.C2H6.C2H2/c1-3-13(15)7-10(2)6-12-5-4-11(9-17)8-14(12)16;2*1-2/h3-5,7-8H,6H2,1-2H3;1-2H3;1-2H/b10-7-,13-3+;;. The number of allylic oxidation sites excluding steroid dienone is 4. The fraction of sp³-hybridized carbons (Fsp3) is 0.278. The third-order valence-electron chi connectivity index (χ3n) is 2.31. The Bertz CT molecular complexity index is 548. The molecule has 0 bridgehead atoms. The van der Waals surface area contributed by atoms with E-state index >= 15 is 0 Å². The number of benzene rings is 1. The first kappa shape index (κ1) is 21.5. The molecule has 0 saturated heterocycles. The Morgan fingerprint density at radius 1 is 1.38 bits per heavy atom. The van der Waals surface area contributed by atoms with Gasteiger partial charge in [-0.3, -0.25) is 0 Å². The zero-order valence-electron chi connectivity index (χ0n) is 13.0. The smallest absolute Gasteiger partial charge is 0.128 e. The molecule has 1 aromatic rings. The Kier molecular flexibility index (Phi) is 13.4. The summed E-state index contributed by atoms with van der Waals surface area (Å²) in [6.45, 7) is 7.87. The van der Waals surface area contributed by atoms with Crippen LogP contribution in [0, 0.1) is 30.0 Å². The van der Waals surface area contributed by atoms with Crippen molar-refractivity contribution in [1.82, 2.24) is 0 Å². The molecule has 3 heteroatoms. The van der Waals surface area contributed by atoms with Gasteiger partial charge in [0.25, 0.3) is 0 Å². The van der Waals surface area contributed by atoms with Gasteiger partial charge in [0.15, 0.2) is 0 Å². The van der Waals surface area contributed by atoms with E-state index in [4.69, 9.17) is 5.26 Å². The molecule has 0 saturated carbocycles. The van der Waals surface area contributed by atoms with Gasteiger partial charge >= 0.3 is 0 Å². The van der Waals surface area contributed by atoms with E-state index in [1.165, 1.54) is 6.07 Å². The van der Waals surface area contributed by atoms with Gasteiger partial charge in [-0.2, -0.15) is 5.26 Å². The topological polar surface area (TPSA) is 23.8 Å². The summed E-state index contributed by atoms with van der Waals surface area (Å²) in [6.07, 6.45) is 12.4. The zero-order valence-corrected chi connectivity index (χ0v) is 14.5. The molecule has 0 spiro atoms. The number of hydrogen-bond donors (Lipinski definition) is 0. The summed E-state index contributed by atoms with van der Waals surface area (Å²) in [6, 6.07) is 6.49. The fourth-order valence-electron chi connectivity index (χ4n) is 1.43. The Morgan fingerprint density at radius 2 is 1.95 bits per heavy atom. The largest absolute Gasteiger partial charge is 0.207 e. The number of rotatable bonds is 3. The SMILES string of the molecule is C#C.C/C=C(Br)\C=C(\C)Cc1ccc(C#N)cc1F.CC. The van der Waals surface area contributed by atoms with Crippen molar-refractivity contribution in [2.45, 2.75) is 34.1 Å². The first-order chi connectivity index (χ1) is 10.1. The van der Waals surface area contributed by atoms with Crippen molar-refractivity contribution in [2.24, 2.45) is 0 Å². The molecule has 0 heterocycles. The van der Waals surface area contributed by atoms with Crippen molar-refractivity contribution in [1.29, 1.82) is 5.26 Å². The van der Waals surface area contributed by atoms with Gasteiger partial charge in [-0.1, -0.05) is 47.5 Å². The molecule has 21 heavy (non-hydrogen) atoms. The third-order valence-corrected chi connectivity index (χ3v) is 3.00. The maximum absolute atomic E-state index is 13.6. The second-order valence-corrected chi connectivity index (χ2v) is 4.67. The van der Waals surface area contributed by atoms with Gasteiger partial charge in [0.1, 0.15) is 5.82 Å². The van der Waals surface area contributed by atoms with E-state index in [2.05, 4.69) is 28.8 Å². The van der Waals surface area contributed by atoms with E-state index in [9.17, 15) is 4.39 Å². The van der Waals surface area contributed by atoms with Crippen molar-refractivity contribution in [3.63, 3.8) is 0 Å². The second-order valence-electron chi connectivity index (χ2n) is 3.76. The molecule has 112 valence electrons. The lowest BCUT2D eigenvalue weighted by atomic mass is 10.0. The lowest BCUT2D eigenvalue weighted by Gasteiger charge is -2.04. The first-order valence-corrected chi connectivity index (χ1v) is 7.37. The molecule has 0 radical (unpaired) electrons. The van der Waals surface area contributed by atoms with Crippen LogP contribution in [0.5, 0.6) is 0 Å². The van der Waals surface area contributed by atoms with Crippen LogP contribution in [0.25, 0.3) is 0 Å². The highest BCUT2D eigenvalue weighted by atomic mass is 79.9. The second kappa shape index (κ2) is 13.2. The maximum atomic E-state index is 13.6. The number of nitriles is 1. The number of terminal acetylenes is 1. The number of hydrogen-bond acceptors (Lipinski definition) is 1. The molecule has 1 aromatic carbocycles. The summed E-state index contributed by atoms with van der Waals surface area (Å²) >= 11 is 3.38. The highest BCUT2D eigenvalue weighted by molar-refractivity contribution is 9.11. The van der Waals surface area contributed by atoms with Crippen molar-refractivity contribution >= 4 is 15.9 Å². The predicted molar refractivity (Wildman–Crippen MR) is 92.5 cm³/mol. The van der Waals surface area contributed by atoms with Crippen LogP contribution in [-0.4, -0.2) is 0 Å². The van der Waals surface area contributed by atoms with Gasteiger partial charge in [-0.25, -0.2) is 4.39 Å². The third kappa shape index (κ3) is 8.84. The summed E-state index contributed by atoms with van der Waals surface area (Å²) in [7, 11) is 0. The highest BCUT2D eigenvalue weighted by Gasteiger charge is 2.04. The van der Waals surface area contributed by atoms with Gasteiger partial charge in [-0.15, -0.1) is 12.8 Å². The molecule has 0 aliphatic rings. The Hall–Kier alpha value is -1.84. The van der Waals surface area contributed by atoms with Crippen LogP contribution in [0.3, 0.4) is 0 Å². The van der Waals surface area contributed by atoms with Gasteiger partial charge < -0.3 is 0 Å². The minimum atomic E-state index is -0.326. The molecule has 0 unspecified atom stereocenters. The lowest BCUT2D eigenvalue weighted by Crippen LogP contribution is -1.93. The molecule has 1 rings (SSSR count). The summed E-state index contributed by atoms with van der Waals surface area (Å²) < 4.78 is 14.6. The Labute approximate surface area is 136 Å². The number of nitrogens with zero attached hydrogens (tertiary/aromatic N) is 1. The average Bonchev–Trinajstić information content (AvgIpc) is 2.53. The van der Waals surface area contributed by atoms with Crippen LogP contribution in [0.1, 0.15) is 38.8 Å². The molecule has 0 N–H and O–H groups in total. The van der Waals surface area contributed by atoms with Gasteiger partial charge in [0.05, 0.1) is 11.6 Å². The molecule has 0 aliphatic heterocycles. The monoisotopic (exact) mass is 349 g/mol. The number of halogens is 2. The molecule has 0 atom stereocenters. The summed E-state index contributed by atoms with van der Waals surface area (Å²) in [5, 5.41) is 8.64. The van der Waals surface area contributed by atoms with Gasteiger partial charge in [0, 0.05) is 4.48 Å². The van der Waals surface area contributed by atoms with E-state index < -0.39 is 0 Å². The molecule has 0 amide bonds. The Morgan fingerprint density at radius 3 is 2.38 bits per heavy atom. The molecule has 0 fully saturated rings. The van der Waals surface area contributed by atoms with Crippen molar-refractivity contribution in [3.05, 3.63) is 57.4 Å². The minimum Gasteiger partial charge on any atom is -0.207 e. The van der Waals surface area contributed by atoms with E-state index in [0.717, 1.165) is 10.1 Å². The van der Waals surface area contributed by atoms with Crippen molar-refractivity contribution in [2.75, 3.05) is 0 Å². The maximum Gasteiger partial charge on any atom is 0.128 e. The lowest BCUT2D eigenvalue weighted by molar-refractivity contribution is 0.613. The average molecular weight is 350 g/mol. The van der Waals surface area contributed by atoms with E-state index in [1.807, 2.05) is 45.9 Å². The van der Waals surface area contributed by atoms with E-state index in [0.29, 0.717) is 17.5 Å². The summed E-state index contributed by atoms with van der Waals surface area (Å²) in [5.41, 5.74) is 2.01. The first-order valence-electron chi connectivity index (χ1n) is 6.57. The highest BCUT2D eigenvalue weighted by Crippen LogP contribution is 2.17. The molecular weight excluding hydrogens is 329 g/mol. The van der Waals surface area contributed by atoms with Crippen LogP contribution >= 0.6 is 15.9 Å². The molecule has 0 aromatic heterocycles. The van der Waals surface area contributed by atoms with E-state index in [1.54, 1.807) is 12.1 Å². The normalized spacial score (nSPS) is 10.4. The predicted octanol–water partition coefficient (Wildman–Crippen LogP) is 5.76. The summed E-state index contributed by atoms with van der Waals surface area (Å²) in [5.74, 6) is -0.326. The zero-order chi connectivity index (χ0) is 16.8. The summed E-state index contributed by atoms with van der Waals surface area (Å²) in [4.78, 5) is 0. The van der Waals surface area contributed by atoms with Crippen LogP contribution in [-0.2, 0) is 6.42 Å². The molecule has 1 nitrogen and oxygen atoms in total. The van der Waals surface area contributed by atoms with Crippen molar-refractivity contribution in [3.8, 4) is 18.9 Å². The fourth-order valence-corrected chi connectivity index (χ4v) is 1.82. The molecule has 0 aliphatic carbocycles. The molecular formula is C18H21BrFN.